The van der Waals surface area contributed by atoms with Crippen LogP contribution in [0.5, 0.6) is 0 Å². The van der Waals surface area contributed by atoms with E-state index in [0.717, 1.165) is 19.4 Å². The SMILES string of the molecule is c1ccc(CN2CCCCC2(Cc2ccccc2)Cc2ccccc2)cc1. The lowest BCUT2D eigenvalue weighted by molar-refractivity contribution is 0.0382. The van der Waals surface area contributed by atoms with Gasteiger partial charge in [0.1, 0.15) is 0 Å². The zero-order chi connectivity index (χ0) is 18.4. The normalized spacial score (nSPS) is 16.9. The first-order valence-electron chi connectivity index (χ1n) is 10.2. The van der Waals surface area contributed by atoms with Crippen molar-refractivity contribution in [3.8, 4) is 0 Å². The van der Waals surface area contributed by atoms with Gasteiger partial charge in [0.25, 0.3) is 0 Å². The third-order valence-corrected chi connectivity index (χ3v) is 5.96. The Morgan fingerprint density at radius 1 is 0.593 bits per heavy atom. The van der Waals surface area contributed by atoms with Gasteiger partial charge in [-0.25, -0.2) is 0 Å². The van der Waals surface area contributed by atoms with Crippen molar-refractivity contribution in [2.45, 2.75) is 44.2 Å². The van der Waals surface area contributed by atoms with Crippen molar-refractivity contribution in [1.82, 2.24) is 4.90 Å². The smallest absolute Gasteiger partial charge is 0.0293 e. The zero-order valence-corrected chi connectivity index (χ0v) is 16.1. The highest BCUT2D eigenvalue weighted by Gasteiger charge is 2.38. The number of hydrogen-bond donors (Lipinski definition) is 0. The second kappa shape index (κ2) is 8.54. The molecule has 1 aliphatic heterocycles. The van der Waals surface area contributed by atoms with Crippen LogP contribution in [-0.2, 0) is 19.4 Å². The average molecular weight is 356 g/mol. The topological polar surface area (TPSA) is 3.24 Å². The summed E-state index contributed by atoms with van der Waals surface area (Å²) in [5.41, 5.74) is 4.52. The van der Waals surface area contributed by atoms with E-state index >= 15 is 0 Å². The Labute approximate surface area is 163 Å². The van der Waals surface area contributed by atoms with Gasteiger partial charge in [0.05, 0.1) is 0 Å². The van der Waals surface area contributed by atoms with Crippen LogP contribution in [0, 0.1) is 0 Å². The summed E-state index contributed by atoms with van der Waals surface area (Å²) in [6.07, 6.45) is 6.14. The molecule has 1 heteroatoms. The largest absolute Gasteiger partial charge is 0.293 e. The first-order chi connectivity index (χ1) is 13.3. The van der Waals surface area contributed by atoms with Crippen molar-refractivity contribution in [2.75, 3.05) is 6.54 Å². The van der Waals surface area contributed by atoms with Gasteiger partial charge in [-0.3, -0.25) is 4.90 Å². The molecule has 1 aliphatic rings. The number of nitrogens with zero attached hydrogens (tertiary/aromatic N) is 1. The average Bonchev–Trinajstić information content (AvgIpc) is 2.72. The van der Waals surface area contributed by atoms with Gasteiger partial charge in [0, 0.05) is 12.1 Å². The first-order valence-corrected chi connectivity index (χ1v) is 10.2. The molecule has 3 aromatic rings. The molecule has 4 rings (SSSR count). The van der Waals surface area contributed by atoms with Crippen LogP contribution in [0.2, 0.25) is 0 Å². The lowest BCUT2D eigenvalue weighted by Crippen LogP contribution is -2.54. The molecule has 1 saturated heterocycles. The summed E-state index contributed by atoms with van der Waals surface area (Å²) in [7, 11) is 0. The molecular formula is C26H29N. The minimum absolute atomic E-state index is 0.191. The van der Waals surface area contributed by atoms with E-state index in [4.69, 9.17) is 0 Å². The van der Waals surface area contributed by atoms with Crippen LogP contribution in [0.3, 0.4) is 0 Å². The number of benzene rings is 3. The summed E-state index contributed by atoms with van der Waals surface area (Å²) in [4.78, 5) is 2.77. The molecular weight excluding hydrogens is 326 g/mol. The number of likely N-dealkylation sites (tertiary alicyclic amines) is 1. The molecule has 0 N–H and O–H groups in total. The second-order valence-electron chi connectivity index (χ2n) is 7.91. The Morgan fingerprint density at radius 3 is 1.59 bits per heavy atom. The highest BCUT2D eigenvalue weighted by atomic mass is 15.2. The first kappa shape index (κ1) is 18.0. The fraction of sp³-hybridized carbons (Fsp3) is 0.308. The molecule has 0 radical (unpaired) electrons. The lowest BCUT2D eigenvalue weighted by atomic mass is 9.76. The summed E-state index contributed by atoms with van der Waals surface area (Å²) in [5, 5.41) is 0. The molecule has 1 nitrogen and oxygen atoms in total. The maximum absolute atomic E-state index is 2.77. The van der Waals surface area contributed by atoms with Crippen molar-refractivity contribution in [3.63, 3.8) is 0 Å². The minimum atomic E-state index is 0.191. The molecule has 0 unspecified atom stereocenters. The number of hydrogen-bond acceptors (Lipinski definition) is 1. The maximum atomic E-state index is 2.77. The lowest BCUT2D eigenvalue weighted by Gasteiger charge is -2.48. The quantitative estimate of drug-likeness (QED) is 0.532. The van der Waals surface area contributed by atoms with E-state index in [9.17, 15) is 0 Å². The summed E-state index contributed by atoms with van der Waals surface area (Å²) < 4.78 is 0. The van der Waals surface area contributed by atoms with Gasteiger partial charge >= 0.3 is 0 Å². The van der Waals surface area contributed by atoms with E-state index in [1.54, 1.807) is 0 Å². The molecule has 1 fully saturated rings. The Bertz CT molecular complexity index is 769. The fourth-order valence-electron chi connectivity index (χ4n) is 4.62. The van der Waals surface area contributed by atoms with E-state index in [0.29, 0.717) is 0 Å². The monoisotopic (exact) mass is 355 g/mol. The van der Waals surface area contributed by atoms with Crippen LogP contribution in [0.4, 0.5) is 0 Å². The highest BCUT2D eigenvalue weighted by Crippen LogP contribution is 2.36. The summed E-state index contributed by atoms with van der Waals surface area (Å²) in [6, 6.07) is 33.1. The van der Waals surface area contributed by atoms with Gasteiger partial charge in [-0.15, -0.1) is 0 Å². The van der Waals surface area contributed by atoms with E-state index < -0.39 is 0 Å². The Kier molecular flexibility index (Phi) is 5.69. The molecule has 0 aromatic heterocycles. The van der Waals surface area contributed by atoms with Crippen LogP contribution in [0.15, 0.2) is 91.0 Å². The number of piperidine rings is 1. The number of rotatable bonds is 6. The standard InChI is InChI=1S/C26H29N/c1-4-12-23(13-5-1)20-26(21-24-14-6-2-7-15-24)18-10-11-19-27(26)22-25-16-8-3-9-17-25/h1-9,12-17H,10-11,18-22H2. The van der Waals surface area contributed by atoms with Gasteiger partial charge in [0.15, 0.2) is 0 Å². The minimum Gasteiger partial charge on any atom is -0.293 e. The van der Waals surface area contributed by atoms with E-state index in [1.165, 1.54) is 42.5 Å². The Balaban J connectivity index is 1.67. The second-order valence-corrected chi connectivity index (χ2v) is 7.91. The van der Waals surface area contributed by atoms with E-state index in [1.807, 2.05) is 0 Å². The highest BCUT2D eigenvalue weighted by molar-refractivity contribution is 5.24. The third kappa shape index (κ3) is 4.48. The van der Waals surface area contributed by atoms with Gasteiger partial charge < -0.3 is 0 Å². The summed E-state index contributed by atoms with van der Waals surface area (Å²) >= 11 is 0. The Morgan fingerprint density at radius 2 is 1.07 bits per heavy atom. The molecule has 0 spiro atoms. The molecule has 0 atom stereocenters. The molecule has 138 valence electrons. The molecule has 3 aromatic carbocycles. The predicted octanol–water partition coefficient (Wildman–Crippen LogP) is 5.90. The van der Waals surface area contributed by atoms with Crippen LogP contribution in [0.1, 0.15) is 36.0 Å². The summed E-state index contributed by atoms with van der Waals surface area (Å²) in [6.45, 7) is 2.23. The Hall–Kier alpha value is -2.38. The van der Waals surface area contributed by atoms with Crippen molar-refractivity contribution < 1.29 is 0 Å². The van der Waals surface area contributed by atoms with Gasteiger partial charge in [-0.1, -0.05) is 97.4 Å². The van der Waals surface area contributed by atoms with Crippen LogP contribution < -0.4 is 0 Å². The molecule has 0 bridgehead atoms. The van der Waals surface area contributed by atoms with Crippen LogP contribution in [0.25, 0.3) is 0 Å². The maximum Gasteiger partial charge on any atom is 0.0293 e. The van der Waals surface area contributed by atoms with Crippen molar-refractivity contribution in [1.29, 1.82) is 0 Å². The van der Waals surface area contributed by atoms with Crippen LogP contribution in [-0.4, -0.2) is 17.0 Å². The summed E-state index contributed by atoms with van der Waals surface area (Å²) in [5.74, 6) is 0. The van der Waals surface area contributed by atoms with E-state index in [-0.39, 0.29) is 5.54 Å². The van der Waals surface area contributed by atoms with Gasteiger partial charge in [-0.05, 0) is 48.9 Å². The zero-order valence-electron chi connectivity index (χ0n) is 16.1. The van der Waals surface area contributed by atoms with Crippen molar-refractivity contribution in [2.24, 2.45) is 0 Å². The van der Waals surface area contributed by atoms with Gasteiger partial charge in [0.2, 0.25) is 0 Å². The fourth-order valence-corrected chi connectivity index (χ4v) is 4.62. The van der Waals surface area contributed by atoms with Crippen LogP contribution >= 0.6 is 0 Å². The molecule has 27 heavy (non-hydrogen) atoms. The van der Waals surface area contributed by atoms with Gasteiger partial charge in [-0.2, -0.15) is 0 Å². The molecule has 0 amide bonds. The third-order valence-electron chi connectivity index (χ3n) is 5.96. The molecule has 0 aliphatic carbocycles. The van der Waals surface area contributed by atoms with E-state index in [2.05, 4.69) is 95.9 Å². The van der Waals surface area contributed by atoms with Crippen molar-refractivity contribution >= 4 is 0 Å². The van der Waals surface area contributed by atoms with Crippen molar-refractivity contribution in [3.05, 3.63) is 108 Å². The predicted molar refractivity (Wildman–Crippen MR) is 114 cm³/mol. The molecule has 1 heterocycles. The molecule has 0 saturated carbocycles.